The fourth-order valence-corrected chi connectivity index (χ4v) is 2.58. The molecule has 1 heterocycles. The summed E-state index contributed by atoms with van der Waals surface area (Å²) in [6.45, 7) is 2.76. The summed E-state index contributed by atoms with van der Waals surface area (Å²) in [5, 5.41) is 6.90. The zero-order valence-electron chi connectivity index (χ0n) is 10.9. The number of nitrogens with two attached hydrogens (primary N) is 1. The molecule has 0 amide bonds. The Hall–Kier alpha value is -2.00. The minimum Gasteiger partial charge on any atom is -0.397 e. The standard InChI is InChI=1S/C16H19N3/c17-15-7-6-13-8-9-18-11-14(13)16(15)19-10-12-4-2-1-3-5-12/h1-7,18-19H,8-11,17H2. The molecule has 0 saturated heterocycles. The molecule has 0 spiro atoms. The predicted molar refractivity (Wildman–Crippen MR) is 80.0 cm³/mol. The van der Waals surface area contributed by atoms with Gasteiger partial charge in [-0.1, -0.05) is 36.4 Å². The molecule has 2 aromatic carbocycles. The second kappa shape index (κ2) is 5.33. The Morgan fingerprint density at radius 1 is 1.11 bits per heavy atom. The molecule has 0 unspecified atom stereocenters. The van der Waals surface area contributed by atoms with E-state index in [1.165, 1.54) is 16.7 Å². The third kappa shape index (κ3) is 2.56. The van der Waals surface area contributed by atoms with Crippen molar-refractivity contribution in [3.05, 3.63) is 59.2 Å². The van der Waals surface area contributed by atoms with Gasteiger partial charge in [0.25, 0.3) is 0 Å². The minimum absolute atomic E-state index is 0.807. The molecular formula is C16H19N3. The van der Waals surface area contributed by atoms with Crippen molar-refractivity contribution in [1.82, 2.24) is 5.32 Å². The topological polar surface area (TPSA) is 50.1 Å². The highest BCUT2D eigenvalue weighted by atomic mass is 14.9. The van der Waals surface area contributed by atoms with Gasteiger partial charge >= 0.3 is 0 Å². The number of benzene rings is 2. The lowest BCUT2D eigenvalue weighted by atomic mass is 9.98. The van der Waals surface area contributed by atoms with E-state index >= 15 is 0 Å². The van der Waals surface area contributed by atoms with E-state index in [1.807, 2.05) is 12.1 Å². The largest absolute Gasteiger partial charge is 0.397 e. The molecule has 0 radical (unpaired) electrons. The highest BCUT2D eigenvalue weighted by molar-refractivity contribution is 5.72. The van der Waals surface area contributed by atoms with Crippen LogP contribution in [0.15, 0.2) is 42.5 Å². The number of nitrogens with one attached hydrogen (secondary N) is 2. The first kappa shape index (κ1) is 12.1. The van der Waals surface area contributed by atoms with Gasteiger partial charge < -0.3 is 16.4 Å². The lowest BCUT2D eigenvalue weighted by molar-refractivity contribution is 0.645. The molecular weight excluding hydrogens is 234 g/mol. The van der Waals surface area contributed by atoms with Crippen LogP contribution in [0.4, 0.5) is 11.4 Å². The van der Waals surface area contributed by atoms with Crippen LogP contribution in [0.3, 0.4) is 0 Å². The summed E-state index contributed by atoms with van der Waals surface area (Å²) in [6, 6.07) is 14.6. The molecule has 3 rings (SSSR count). The van der Waals surface area contributed by atoms with Gasteiger partial charge in [-0.15, -0.1) is 0 Å². The van der Waals surface area contributed by atoms with Gasteiger partial charge in [-0.05, 0) is 35.7 Å². The summed E-state index contributed by atoms with van der Waals surface area (Å²) in [4.78, 5) is 0. The summed E-state index contributed by atoms with van der Waals surface area (Å²) in [5.74, 6) is 0. The minimum atomic E-state index is 0.807. The van der Waals surface area contributed by atoms with Gasteiger partial charge in [0.05, 0.1) is 11.4 Å². The summed E-state index contributed by atoms with van der Waals surface area (Å²) in [6.07, 6.45) is 1.08. The van der Waals surface area contributed by atoms with Gasteiger partial charge in [0.2, 0.25) is 0 Å². The van der Waals surface area contributed by atoms with E-state index in [4.69, 9.17) is 5.73 Å². The van der Waals surface area contributed by atoms with Crippen LogP contribution >= 0.6 is 0 Å². The van der Waals surface area contributed by atoms with Crippen LogP contribution in [0.1, 0.15) is 16.7 Å². The monoisotopic (exact) mass is 253 g/mol. The third-order valence-electron chi connectivity index (χ3n) is 3.63. The summed E-state index contributed by atoms with van der Waals surface area (Å²) in [7, 11) is 0. The van der Waals surface area contributed by atoms with Crippen molar-refractivity contribution in [1.29, 1.82) is 0 Å². The van der Waals surface area contributed by atoms with E-state index in [9.17, 15) is 0 Å². The van der Waals surface area contributed by atoms with Gasteiger partial charge in [0.1, 0.15) is 0 Å². The summed E-state index contributed by atoms with van der Waals surface area (Å²) in [5.41, 5.74) is 12.0. The Kier molecular flexibility index (Phi) is 3.38. The van der Waals surface area contributed by atoms with Crippen LogP contribution in [0.5, 0.6) is 0 Å². The van der Waals surface area contributed by atoms with Crippen LogP contribution in [-0.4, -0.2) is 6.54 Å². The van der Waals surface area contributed by atoms with Gasteiger partial charge in [0.15, 0.2) is 0 Å². The van der Waals surface area contributed by atoms with Crippen molar-refractivity contribution in [2.45, 2.75) is 19.5 Å². The molecule has 0 aliphatic carbocycles. The number of nitrogen functional groups attached to an aromatic ring is 1. The number of hydrogen-bond donors (Lipinski definition) is 3. The molecule has 0 fully saturated rings. The highest BCUT2D eigenvalue weighted by Crippen LogP contribution is 2.29. The predicted octanol–water partition coefficient (Wildman–Crippen LogP) is 2.53. The molecule has 19 heavy (non-hydrogen) atoms. The van der Waals surface area contributed by atoms with E-state index in [0.717, 1.165) is 37.4 Å². The van der Waals surface area contributed by atoms with Crippen molar-refractivity contribution < 1.29 is 0 Å². The molecule has 4 N–H and O–H groups in total. The van der Waals surface area contributed by atoms with Crippen molar-refractivity contribution in [2.24, 2.45) is 0 Å². The van der Waals surface area contributed by atoms with Gasteiger partial charge in [0, 0.05) is 13.1 Å². The van der Waals surface area contributed by atoms with E-state index in [0.29, 0.717) is 0 Å². The zero-order valence-corrected chi connectivity index (χ0v) is 10.9. The lowest BCUT2D eigenvalue weighted by Gasteiger charge is -2.22. The van der Waals surface area contributed by atoms with Crippen molar-refractivity contribution in [3.8, 4) is 0 Å². The van der Waals surface area contributed by atoms with Gasteiger partial charge in [-0.3, -0.25) is 0 Å². The second-order valence-electron chi connectivity index (χ2n) is 4.93. The molecule has 98 valence electrons. The molecule has 3 heteroatoms. The molecule has 1 aliphatic rings. The molecule has 0 atom stereocenters. The number of hydrogen-bond acceptors (Lipinski definition) is 3. The lowest BCUT2D eigenvalue weighted by Crippen LogP contribution is -2.25. The van der Waals surface area contributed by atoms with Crippen LogP contribution in [0.2, 0.25) is 0 Å². The maximum absolute atomic E-state index is 6.12. The Balaban J connectivity index is 1.84. The van der Waals surface area contributed by atoms with E-state index < -0.39 is 0 Å². The summed E-state index contributed by atoms with van der Waals surface area (Å²) < 4.78 is 0. The SMILES string of the molecule is Nc1ccc2c(c1NCc1ccccc1)CNCC2. The average Bonchev–Trinajstić information content (AvgIpc) is 2.47. The normalized spacial score (nSPS) is 13.9. The van der Waals surface area contributed by atoms with Crippen LogP contribution in [0, 0.1) is 0 Å². The van der Waals surface area contributed by atoms with Gasteiger partial charge in [-0.25, -0.2) is 0 Å². The molecule has 0 saturated carbocycles. The Bertz CT molecular complexity index is 564. The fourth-order valence-electron chi connectivity index (χ4n) is 2.58. The average molecular weight is 253 g/mol. The summed E-state index contributed by atoms with van der Waals surface area (Å²) >= 11 is 0. The smallest absolute Gasteiger partial charge is 0.0624 e. The fraction of sp³-hybridized carbons (Fsp3) is 0.250. The van der Waals surface area contributed by atoms with E-state index in [2.05, 4.69) is 41.0 Å². The molecule has 0 aromatic heterocycles. The Morgan fingerprint density at radius 2 is 1.95 bits per heavy atom. The molecule has 1 aliphatic heterocycles. The Morgan fingerprint density at radius 3 is 2.79 bits per heavy atom. The first-order chi connectivity index (χ1) is 9.34. The van der Waals surface area contributed by atoms with Crippen molar-refractivity contribution in [2.75, 3.05) is 17.6 Å². The van der Waals surface area contributed by atoms with Crippen molar-refractivity contribution >= 4 is 11.4 Å². The van der Waals surface area contributed by atoms with E-state index in [-0.39, 0.29) is 0 Å². The number of fused-ring (bicyclic) bond motifs is 1. The van der Waals surface area contributed by atoms with Gasteiger partial charge in [-0.2, -0.15) is 0 Å². The van der Waals surface area contributed by atoms with Crippen LogP contribution in [-0.2, 0) is 19.5 Å². The first-order valence-electron chi connectivity index (χ1n) is 6.73. The van der Waals surface area contributed by atoms with Crippen LogP contribution < -0.4 is 16.4 Å². The number of anilines is 2. The maximum Gasteiger partial charge on any atom is 0.0624 e. The van der Waals surface area contributed by atoms with Crippen LogP contribution in [0.25, 0.3) is 0 Å². The second-order valence-corrected chi connectivity index (χ2v) is 4.93. The van der Waals surface area contributed by atoms with Crippen molar-refractivity contribution in [3.63, 3.8) is 0 Å². The molecule has 2 aromatic rings. The quantitative estimate of drug-likeness (QED) is 0.737. The molecule has 0 bridgehead atoms. The zero-order chi connectivity index (χ0) is 13.1. The maximum atomic E-state index is 6.12. The third-order valence-corrected chi connectivity index (χ3v) is 3.63. The van der Waals surface area contributed by atoms with E-state index in [1.54, 1.807) is 0 Å². The first-order valence-corrected chi connectivity index (χ1v) is 6.73. The number of rotatable bonds is 3. The highest BCUT2D eigenvalue weighted by Gasteiger charge is 2.14. The molecule has 3 nitrogen and oxygen atoms in total. The Labute approximate surface area is 113 Å².